The van der Waals surface area contributed by atoms with Crippen LogP contribution >= 0.6 is 11.6 Å². The molecule has 144 valence electrons. The van der Waals surface area contributed by atoms with Gasteiger partial charge in [0, 0.05) is 17.1 Å². The van der Waals surface area contributed by atoms with Crippen LogP contribution in [0.4, 0.5) is 0 Å². The summed E-state index contributed by atoms with van der Waals surface area (Å²) in [4.78, 5) is 36.4. The van der Waals surface area contributed by atoms with Crippen LogP contribution in [0.5, 0.6) is 0 Å². The van der Waals surface area contributed by atoms with Crippen molar-refractivity contribution in [3.05, 3.63) is 45.3 Å². The van der Waals surface area contributed by atoms with Gasteiger partial charge in [0.2, 0.25) is 5.76 Å². The van der Waals surface area contributed by atoms with E-state index in [1.165, 1.54) is 12.1 Å². The number of nitrogens with one attached hydrogen (secondary N) is 1. The van der Waals surface area contributed by atoms with Crippen molar-refractivity contribution < 1.29 is 18.7 Å². The van der Waals surface area contributed by atoms with Gasteiger partial charge < -0.3 is 14.5 Å². The Labute approximate surface area is 161 Å². The normalized spacial score (nSPS) is 22.4. The van der Waals surface area contributed by atoms with Crippen molar-refractivity contribution in [2.75, 3.05) is 6.61 Å². The number of carbonyl (C=O) groups excluding carboxylic acids is 2. The Kier molecular flexibility index (Phi) is 5.85. The molecule has 0 unspecified atom stereocenters. The van der Waals surface area contributed by atoms with Gasteiger partial charge in [-0.05, 0) is 36.5 Å². The molecule has 1 N–H and O–H groups in total. The van der Waals surface area contributed by atoms with Crippen molar-refractivity contribution in [1.82, 2.24) is 5.32 Å². The number of carbonyl (C=O) groups is 2. The third kappa shape index (κ3) is 4.50. The quantitative estimate of drug-likeness (QED) is 0.805. The van der Waals surface area contributed by atoms with Crippen molar-refractivity contribution in [3.63, 3.8) is 0 Å². The zero-order valence-electron chi connectivity index (χ0n) is 15.3. The number of esters is 1. The summed E-state index contributed by atoms with van der Waals surface area (Å²) in [6.07, 6.45) is 3.16. The monoisotopic (exact) mass is 391 g/mol. The fraction of sp³-hybridized carbons (Fsp3) is 0.450. The molecule has 1 aliphatic carbocycles. The summed E-state index contributed by atoms with van der Waals surface area (Å²) in [5.74, 6) is -0.536. The van der Waals surface area contributed by atoms with Gasteiger partial charge in [0.05, 0.1) is 5.39 Å². The maximum absolute atomic E-state index is 12.2. The summed E-state index contributed by atoms with van der Waals surface area (Å²) < 4.78 is 10.4. The molecule has 3 atom stereocenters. The molecule has 6 nitrogen and oxygen atoms in total. The van der Waals surface area contributed by atoms with Crippen molar-refractivity contribution in [2.45, 2.75) is 39.2 Å². The summed E-state index contributed by atoms with van der Waals surface area (Å²) in [6.45, 7) is 3.88. The first kappa shape index (κ1) is 19.4. The summed E-state index contributed by atoms with van der Waals surface area (Å²) >= 11 is 5.86. The molecule has 0 radical (unpaired) electrons. The third-order valence-corrected chi connectivity index (χ3v) is 5.51. The number of halogens is 1. The van der Waals surface area contributed by atoms with Gasteiger partial charge in [0.1, 0.15) is 5.58 Å². The standard InChI is InChI=1S/C20H22ClNO5/c1-11-4-3-5-15(12(11)2)22-19(24)10-26-20(25)18-9-16(23)14-8-13(21)6-7-17(14)27-18/h6-9,11-12,15H,3-5,10H2,1-2H3,(H,22,24)/t11-,12+,15-/m0/s1. The molecule has 1 aliphatic rings. The Balaban J connectivity index is 1.62. The minimum Gasteiger partial charge on any atom is -0.450 e. The molecular weight excluding hydrogens is 370 g/mol. The summed E-state index contributed by atoms with van der Waals surface area (Å²) in [6, 6.07) is 5.67. The van der Waals surface area contributed by atoms with E-state index in [4.69, 9.17) is 20.8 Å². The van der Waals surface area contributed by atoms with E-state index in [9.17, 15) is 14.4 Å². The Morgan fingerprint density at radius 2 is 2.04 bits per heavy atom. The van der Waals surface area contributed by atoms with Crippen molar-refractivity contribution in [3.8, 4) is 0 Å². The fourth-order valence-electron chi connectivity index (χ4n) is 3.47. The fourth-order valence-corrected chi connectivity index (χ4v) is 3.64. The van der Waals surface area contributed by atoms with Gasteiger partial charge in [-0.15, -0.1) is 0 Å². The molecule has 0 spiro atoms. The van der Waals surface area contributed by atoms with Gasteiger partial charge >= 0.3 is 5.97 Å². The van der Waals surface area contributed by atoms with Crippen LogP contribution in [-0.2, 0) is 9.53 Å². The van der Waals surface area contributed by atoms with E-state index in [1.807, 2.05) is 0 Å². The van der Waals surface area contributed by atoms with Crippen LogP contribution in [0.25, 0.3) is 11.0 Å². The zero-order valence-corrected chi connectivity index (χ0v) is 16.0. The first-order valence-corrected chi connectivity index (χ1v) is 9.43. The van der Waals surface area contributed by atoms with Gasteiger partial charge in [-0.25, -0.2) is 4.79 Å². The molecule has 0 bridgehead atoms. The number of rotatable bonds is 4. The predicted molar refractivity (Wildman–Crippen MR) is 102 cm³/mol. The number of ether oxygens (including phenoxy) is 1. The molecule has 0 saturated heterocycles. The second-order valence-corrected chi connectivity index (χ2v) is 7.57. The second kappa shape index (κ2) is 8.13. The molecule has 1 aromatic heterocycles. The Morgan fingerprint density at radius 1 is 1.26 bits per heavy atom. The molecule has 1 amide bonds. The lowest BCUT2D eigenvalue weighted by molar-refractivity contribution is -0.125. The zero-order chi connectivity index (χ0) is 19.6. The first-order valence-electron chi connectivity index (χ1n) is 9.05. The second-order valence-electron chi connectivity index (χ2n) is 7.13. The summed E-state index contributed by atoms with van der Waals surface area (Å²) in [7, 11) is 0. The highest BCUT2D eigenvalue weighted by atomic mass is 35.5. The van der Waals surface area contributed by atoms with Crippen molar-refractivity contribution in [2.24, 2.45) is 11.8 Å². The van der Waals surface area contributed by atoms with Gasteiger partial charge in [0.15, 0.2) is 12.0 Å². The number of fused-ring (bicyclic) bond motifs is 1. The van der Waals surface area contributed by atoms with Gasteiger partial charge in [0.25, 0.3) is 5.91 Å². The van der Waals surface area contributed by atoms with Crippen LogP contribution in [0.1, 0.15) is 43.7 Å². The highest BCUT2D eigenvalue weighted by Crippen LogP contribution is 2.29. The van der Waals surface area contributed by atoms with Gasteiger partial charge in [-0.1, -0.05) is 38.3 Å². The van der Waals surface area contributed by atoms with Gasteiger partial charge in [-0.2, -0.15) is 0 Å². The number of benzene rings is 1. The largest absolute Gasteiger partial charge is 0.450 e. The van der Waals surface area contributed by atoms with Crippen LogP contribution in [-0.4, -0.2) is 24.5 Å². The molecule has 2 aromatic rings. The van der Waals surface area contributed by atoms with Crippen LogP contribution in [0, 0.1) is 11.8 Å². The summed E-state index contributed by atoms with van der Waals surface area (Å²) in [5.41, 5.74) is -0.173. The molecule has 7 heteroatoms. The maximum atomic E-state index is 12.2. The lowest BCUT2D eigenvalue weighted by atomic mass is 9.78. The molecule has 1 heterocycles. The predicted octanol–water partition coefficient (Wildman–Crippen LogP) is 3.54. The van der Waals surface area contributed by atoms with E-state index in [0.29, 0.717) is 16.9 Å². The molecule has 1 saturated carbocycles. The van der Waals surface area contributed by atoms with Gasteiger partial charge in [-0.3, -0.25) is 9.59 Å². The number of hydrogen-bond donors (Lipinski definition) is 1. The van der Waals surface area contributed by atoms with Crippen LogP contribution < -0.4 is 10.7 Å². The van der Waals surface area contributed by atoms with Crippen molar-refractivity contribution >= 4 is 34.4 Å². The molecular formula is C20H22ClNO5. The minimum atomic E-state index is -0.857. The van der Waals surface area contributed by atoms with Crippen LogP contribution in [0.2, 0.25) is 5.02 Å². The van der Waals surface area contributed by atoms with E-state index < -0.39 is 18.0 Å². The minimum absolute atomic E-state index is 0.0864. The van der Waals surface area contributed by atoms with E-state index in [0.717, 1.165) is 25.3 Å². The molecule has 27 heavy (non-hydrogen) atoms. The Morgan fingerprint density at radius 3 is 2.81 bits per heavy atom. The highest BCUT2D eigenvalue weighted by molar-refractivity contribution is 6.31. The van der Waals surface area contributed by atoms with Crippen LogP contribution in [0.3, 0.4) is 0 Å². The average Bonchev–Trinajstić information content (AvgIpc) is 2.64. The number of amides is 1. The van der Waals surface area contributed by atoms with E-state index in [-0.39, 0.29) is 28.7 Å². The average molecular weight is 392 g/mol. The molecule has 1 aromatic carbocycles. The van der Waals surface area contributed by atoms with E-state index in [2.05, 4.69) is 19.2 Å². The lowest BCUT2D eigenvalue weighted by Crippen LogP contribution is -2.45. The Bertz CT molecular complexity index is 922. The summed E-state index contributed by atoms with van der Waals surface area (Å²) in [5, 5.41) is 3.60. The van der Waals surface area contributed by atoms with E-state index in [1.54, 1.807) is 6.07 Å². The third-order valence-electron chi connectivity index (χ3n) is 5.28. The van der Waals surface area contributed by atoms with E-state index >= 15 is 0 Å². The molecule has 3 rings (SSSR count). The Hall–Kier alpha value is -2.34. The maximum Gasteiger partial charge on any atom is 0.374 e. The topological polar surface area (TPSA) is 85.6 Å². The SMILES string of the molecule is C[C@H]1[C@@H](NC(=O)COC(=O)c2cc(=O)c3cc(Cl)ccc3o2)CCC[C@@H]1C. The van der Waals surface area contributed by atoms with Crippen LogP contribution in [0.15, 0.2) is 33.5 Å². The first-order chi connectivity index (χ1) is 12.8. The lowest BCUT2D eigenvalue weighted by Gasteiger charge is -2.34. The molecule has 0 aliphatic heterocycles. The smallest absolute Gasteiger partial charge is 0.374 e. The van der Waals surface area contributed by atoms with Crippen molar-refractivity contribution in [1.29, 1.82) is 0 Å². The highest BCUT2D eigenvalue weighted by Gasteiger charge is 2.28. The number of hydrogen-bond acceptors (Lipinski definition) is 5. The molecule has 1 fully saturated rings.